The van der Waals surface area contributed by atoms with E-state index >= 15 is 0 Å². The maximum atomic E-state index is 14.1. The molecule has 0 radical (unpaired) electrons. The van der Waals surface area contributed by atoms with Gasteiger partial charge in [-0.1, -0.05) is 65.7 Å². The first-order valence-corrected chi connectivity index (χ1v) is 14.4. The first-order chi connectivity index (χ1) is 18.1. The molecule has 1 N–H and O–H groups in total. The number of amidine groups is 1. The summed E-state index contributed by atoms with van der Waals surface area (Å²) >= 11 is 6.19. The van der Waals surface area contributed by atoms with E-state index in [0.29, 0.717) is 23.9 Å². The number of aliphatic imine (C=N–C) groups is 1. The molecule has 0 bridgehead atoms. The van der Waals surface area contributed by atoms with Gasteiger partial charge in [-0.15, -0.1) is 0 Å². The van der Waals surface area contributed by atoms with Crippen LogP contribution in [0.4, 0.5) is 4.79 Å². The van der Waals surface area contributed by atoms with E-state index in [1.165, 1.54) is 4.90 Å². The Hall–Kier alpha value is -3.69. The second kappa shape index (κ2) is 10.2. The highest BCUT2D eigenvalue weighted by Gasteiger charge is 2.44. The highest BCUT2D eigenvalue weighted by atomic mass is 35.5. The van der Waals surface area contributed by atoms with Crippen molar-refractivity contribution in [3.63, 3.8) is 0 Å². The fraction of sp³-hybridized carbons (Fsp3) is 0.250. The number of sulfone groups is 1. The van der Waals surface area contributed by atoms with E-state index in [4.69, 9.17) is 16.6 Å². The van der Waals surface area contributed by atoms with Crippen molar-refractivity contribution >= 4 is 39.2 Å². The highest BCUT2D eigenvalue weighted by Crippen LogP contribution is 2.44. The smallest absolute Gasteiger partial charge is 0.326 e. The third-order valence-electron chi connectivity index (χ3n) is 6.75. The maximum Gasteiger partial charge on any atom is 0.326 e. The van der Waals surface area contributed by atoms with Crippen molar-refractivity contribution in [2.75, 3.05) is 25.9 Å². The van der Waals surface area contributed by atoms with Crippen molar-refractivity contribution in [1.82, 2.24) is 15.1 Å². The Balaban J connectivity index is 1.66. The molecule has 1 saturated heterocycles. The predicted molar refractivity (Wildman–Crippen MR) is 146 cm³/mol. The van der Waals surface area contributed by atoms with Crippen LogP contribution in [-0.2, 0) is 14.6 Å². The molecule has 0 aliphatic carbocycles. The molecule has 0 aromatic heterocycles. The van der Waals surface area contributed by atoms with Gasteiger partial charge in [0.25, 0.3) is 0 Å². The van der Waals surface area contributed by atoms with E-state index in [0.717, 1.165) is 28.5 Å². The molecule has 0 spiro atoms. The number of hydrogen-bond acceptors (Lipinski definition) is 5. The van der Waals surface area contributed by atoms with Crippen LogP contribution in [-0.4, -0.2) is 61.9 Å². The third-order valence-corrected chi connectivity index (χ3v) is 8.13. The standard InChI is InChI=1S/C28H27ClN4O4S/c1-18-3-5-21(6-4-18)27-31-25(19-9-13-23(14-10-19)38(2,36)37)26(20-7-11-22(29)12-8-20)33(27)28(35)32-16-15-30-24(34)17-32/h3-14,25-26H,15-17H2,1-2H3,(H,30,34). The minimum Gasteiger partial charge on any atom is -0.353 e. The molecule has 3 aromatic rings. The number of nitrogens with one attached hydrogen (secondary N) is 1. The summed E-state index contributed by atoms with van der Waals surface area (Å²) in [5.41, 5.74) is 3.40. The predicted octanol–water partition coefficient (Wildman–Crippen LogP) is 4.15. The minimum absolute atomic E-state index is 0.0441. The second-order valence-electron chi connectivity index (χ2n) is 9.53. The Kier molecular flexibility index (Phi) is 6.98. The fourth-order valence-corrected chi connectivity index (χ4v) is 5.53. The SMILES string of the molecule is Cc1ccc(C2=NC(c3ccc(S(C)(=O)=O)cc3)C(c3ccc(Cl)cc3)N2C(=O)N2CCNC(=O)C2)cc1. The lowest BCUT2D eigenvalue weighted by molar-refractivity contribution is -0.123. The number of carbonyl (C=O) groups is 2. The summed E-state index contributed by atoms with van der Waals surface area (Å²) < 4.78 is 24.1. The maximum absolute atomic E-state index is 14.1. The second-order valence-corrected chi connectivity index (χ2v) is 12.0. The summed E-state index contributed by atoms with van der Waals surface area (Å²) in [6.07, 6.45) is 1.16. The quantitative estimate of drug-likeness (QED) is 0.527. The van der Waals surface area contributed by atoms with E-state index < -0.39 is 21.9 Å². The largest absolute Gasteiger partial charge is 0.353 e. The molecule has 38 heavy (non-hydrogen) atoms. The van der Waals surface area contributed by atoms with E-state index in [1.807, 2.05) is 43.3 Å². The summed E-state index contributed by atoms with van der Waals surface area (Å²) in [7, 11) is -3.37. The molecule has 8 nitrogen and oxygen atoms in total. The number of benzene rings is 3. The minimum atomic E-state index is -3.37. The zero-order chi connectivity index (χ0) is 27.0. The molecular formula is C28H27ClN4O4S. The lowest BCUT2D eigenvalue weighted by Gasteiger charge is -2.35. The van der Waals surface area contributed by atoms with Crippen LogP contribution >= 0.6 is 11.6 Å². The van der Waals surface area contributed by atoms with Gasteiger partial charge in [-0.25, -0.2) is 13.2 Å². The summed E-state index contributed by atoms with van der Waals surface area (Å²) in [4.78, 5) is 34.7. The molecular weight excluding hydrogens is 524 g/mol. The first-order valence-electron chi connectivity index (χ1n) is 12.2. The van der Waals surface area contributed by atoms with Crippen molar-refractivity contribution in [3.05, 3.63) is 100 Å². The Morgan fingerprint density at radius 2 is 1.61 bits per heavy atom. The Morgan fingerprint density at radius 1 is 0.974 bits per heavy atom. The van der Waals surface area contributed by atoms with Crippen molar-refractivity contribution in [3.8, 4) is 0 Å². The van der Waals surface area contributed by atoms with Crippen molar-refractivity contribution in [1.29, 1.82) is 0 Å². The molecule has 1 fully saturated rings. The van der Waals surface area contributed by atoms with Gasteiger partial charge in [-0.05, 0) is 42.3 Å². The lowest BCUT2D eigenvalue weighted by atomic mass is 9.93. The van der Waals surface area contributed by atoms with Gasteiger partial charge in [-0.3, -0.25) is 14.7 Å². The van der Waals surface area contributed by atoms with E-state index in [-0.39, 0.29) is 23.4 Å². The lowest BCUT2D eigenvalue weighted by Crippen LogP contribution is -2.55. The van der Waals surface area contributed by atoms with Gasteiger partial charge in [0.2, 0.25) is 5.91 Å². The van der Waals surface area contributed by atoms with Crippen LogP contribution in [0, 0.1) is 6.92 Å². The monoisotopic (exact) mass is 550 g/mol. The number of hydrogen-bond donors (Lipinski definition) is 1. The molecule has 3 aromatic carbocycles. The molecule has 2 unspecified atom stereocenters. The summed E-state index contributed by atoms with van der Waals surface area (Å²) in [5.74, 6) is 0.270. The van der Waals surface area contributed by atoms with Gasteiger partial charge in [0, 0.05) is 29.9 Å². The van der Waals surface area contributed by atoms with Gasteiger partial charge in [-0.2, -0.15) is 0 Å². The average Bonchev–Trinajstić information content (AvgIpc) is 3.29. The number of halogens is 1. The van der Waals surface area contributed by atoms with Crippen molar-refractivity contribution in [2.45, 2.75) is 23.9 Å². The van der Waals surface area contributed by atoms with Crippen LogP contribution in [0.2, 0.25) is 5.02 Å². The third kappa shape index (κ3) is 5.16. The summed E-state index contributed by atoms with van der Waals surface area (Å²) in [6, 6.07) is 20.2. The van der Waals surface area contributed by atoms with E-state index in [2.05, 4.69) is 5.32 Å². The van der Waals surface area contributed by atoms with Gasteiger partial charge in [0.05, 0.1) is 10.9 Å². The Labute approximate surface area is 226 Å². The molecule has 2 atom stereocenters. The van der Waals surface area contributed by atoms with Crippen LogP contribution in [0.3, 0.4) is 0 Å². The van der Waals surface area contributed by atoms with Crippen LogP contribution in [0.1, 0.15) is 34.3 Å². The van der Waals surface area contributed by atoms with Crippen LogP contribution in [0.25, 0.3) is 0 Å². The number of rotatable bonds is 4. The molecule has 196 valence electrons. The zero-order valence-electron chi connectivity index (χ0n) is 21.0. The topological polar surface area (TPSA) is 99.2 Å². The first kappa shape index (κ1) is 25.9. The molecule has 2 heterocycles. The highest BCUT2D eigenvalue weighted by molar-refractivity contribution is 7.90. The number of amides is 3. The molecule has 0 saturated carbocycles. The van der Waals surface area contributed by atoms with Crippen LogP contribution < -0.4 is 5.32 Å². The fourth-order valence-electron chi connectivity index (χ4n) is 4.78. The van der Waals surface area contributed by atoms with Gasteiger partial charge in [0.1, 0.15) is 18.4 Å². The summed E-state index contributed by atoms with van der Waals surface area (Å²) in [6.45, 7) is 2.69. The van der Waals surface area contributed by atoms with Gasteiger partial charge in [0.15, 0.2) is 9.84 Å². The normalized spacial score (nSPS) is 19.8. The zero-order valence-corrected chi connectivity index (χ0v) is 22.5. The Bertz CT molecular complexity index is 1500. The van der Waals surface area contributed by atoms with Crippen LogP contribution in [0.15, 0.2) is 82.7 Å². The molecule has 2 aliphatic rings. The molecule has 3 amide bonds. The number of piperazine rings is 1. The number of nitrogens with zero attached hydrogens (tertiary/aromatic N) is 3. The molecule has 10 heteroatoms. The number of aryl methyl sites for hydroxylation is 1. The average molecular weight is 551 g/mol. The van der Waals surface area contributed by atoms with Gasteiger partial charge < -0.3 is 10.2 Å². The summed E-state index contributed by atoms with van der Waals surface area (Å²) in [5, 5.41) is 3.32. The van der Waals surface area contributed by atoms with Crippen molar-refractivity contribution < 1.29 is 18.0 Å². The van der Waals surface area contributed by atoms with Crippen molar-refractivity contribution in [2.24, 2.45) is 4.99 Å². The molecule has 2 aliphatic heterocycles. The van der Waals surface area contributed by atoms with Crippen LogP contribution in [0.5, 0.6) is 0 Å². The van der Waals surface area contributed by atoms with E-state index in [9.17, 15) is 18.0 Å². The van der Waals surface area contributed by atoms with Gasteiger partial charge >= 0.3 is 6.03 Å². The number of urea groups is 1. The number of carbonyl (C=O) groups excluding carboxylic acids is 2. The Morgan fingerprint density at radius 3 is 2.21 bits per heavy atom. The van der Waals surface area contributed by atoms with E-state index in [1.54, 1.807) is 41.3 Å². The molecule has 5 rings (SSSR count).